The lowest BCUT2D eigenvalue weighted by atomic mass is 10.1. The second kappa shape index (κ2) is 4.10. The van der Waals surface area contributed by atoms with Crippen LogP contribution in [0, 0.1) is 11.3 Å². The van der Waals surface area contributed by atoms with Crippen LogP contribution in [0.25, 0.3) is 0 Å². The van der Waals surface area contributed by atoms with Crippen molar-refractivity contribution in [3.05, 3.63) is 0 Å². The molecule has 13 heavy (non-hydrogen) atoms. The molecule has 0 unspecified atom stereocenters. The number of hydrogen-bond donors (Lipinski definition) is 1. The number of carbonyl (C=O) groups is 1. The van der Waals surface area contributed by atoms with Gasteiger partial charge in [0.2, 0.25) is 5.91 Å². The molecule has 1 fully saturated rings. The third-order valence-corrected chi connectivity index (χ3v) is 3.50. The van der Waals surface area contributed by atoms with Gasteiger partial charge in [0.15, 0.2) is 0 Å². The summed E-state index contributed by atoms with van der Waals surface area (Å²) in [6, 6.07) is 1.58. The van der Waals surface area contributed by atoms with Gasteiger partial charge in [-0.05, 0) is 19.8 Å². The van der Waals surface area contributed by atoms with E-state index in [1.165, 1.54) is 0 Å². The highest BCUT2D eigenvalue weighted by Crippen LogP contribution is 2.37. The SMILES string of the molecule is C[C@H](C#N)NC(=O)C1(Br)CCCC1. The molecule has 4 heteroatoms. The van der Waals surface area contributed by atoms with Gasteiger partial charge in [-0.3, -0.25) is 4.79 Å². The monoisotopic (exact) mass is 244 g/mol. The maximum Gasteiger partial charge on any atom is 0.237 e. The minimum absolute atomic E-state index is 0.0425. The van der Waals surface area contributed by atoms with E-state index in [4.69, 9.17) is 5.26 Å². The van der Waals surface area contributed by atoms with Gasteiger partial charge >= 0.3 is 0 Å². The summed E-state index contributed by atoms with van der Waals surface area (Å²) in [6.07, 6.45) is 3.91. The fourth-order valence-corrected chi connectivity index (χ4v) is 2.20. The molecule has 1 N–H and O–H groups in total. The lowest BCUT2D eigenvalue weighted by molar-refractivity contribution is -0.123. The topological polar surface area (TPSA) is 52.9 Å². The molecule has 1 saturated carbocycles. The molecule has 72 valence electrons. The van der Waals surface area contributed by atoms with Crippen LogP contribution < -0.4 is 5.32 Å². The van der Waals surface area contributed by atoms with E-state index in [2.05, 4.69) is 21.2 Å². The molecule has 1 rings (SSSR count). The van der Waals surface area contributed by atoms with Crippen LogP contribution in [0.5, 0.6) is 0 Å². The van der Waals surface area contributed by atoms with E-state index in [-0.39, 0.29) is 5.91 Å². The van der Waals surface area contributed by atoms with Crippen molar-refractivity contribution >= 4 is 21.8 Å². The van der Waals surface area contributed by atoms with Crippen molar-refractivity contribution in [1.82, 2.24) is 5.32 Å². The van der Waals surface area contributed by atoms with Crippen molar-refractivity contribution in [1.29, 1.82) is 5.26 Å². The first-order chi connectivity index (χ1) is 6.08. The number of nitriles is 1. The molecule has 1 amide bonds. The standard InChI is InChI=1S/C9H13BrN2O/c1-7(6-11)12-8(13)9(10)4-2-3-5-9/h7H,2-5H2,1H3,(H,12,13)/t7-/m1/s1. The van der Waals surface area contributed by atoms with Crippen molar-refractivity contribution < 1.29 is 4.79 Å². The van der Waals surface area contributed by atoms with Crippen LogP contribution in [-0.4, -0.2) is 16.3 Å². The van der Waals surface area contributed by atoms with Crippen molar-refractivity contribution in [3.63, 3.8) is 0 Å². The lowest BCUT2D eigenvalue weighted by Crippen LogP contribution is -2.43. The minimum Gasteiger partial charge on any atom is -0.339 e. The lowest BCUT2D eigenvalue weighted by Gasteiger charge is -2.20. The third-order valence-electron chi connectivity index (χ3n) is 2.34. The first kappa shape index (κ1) is 10.5. The first-order valence-electron chi connectivity index (χ1n) is 4.48. The van der Waals surface area contributed by atoms with Crippen LogP contribution >= 0.6 is 15.9 Å². The highest BCUT2D eigenvalue weighted by atomic mass is 79.9. The Hall–Kier alpha value is -0.560. The Morgan fingerprint density at radius 3 is 2.62 bits per heavy atom. The molecule has 0 saturated heterocycles. The summed E-state index contributed by atoms with van der Waals surface area (Å²) < 4.78 is -0.405. The molecule has 0 aromatic carbocycles. The molecule has 0 heterocycles. The van der Waals surface area contributed by atoms with Gasteiger partial charge in [-0.2, -0.15) is 5.26 Å². The van der Waals surface area contributed by atoms with Crippen molar-refractivity contribution in [2.75, 3.05) is 0 Å². The molecule has 0 aliphatic heterocycles. The number of rotatable bonds is 2. The quantitative estimate of drug-likeness (QED) is 0.753. The summed E-state index contributed by atoms with van der Waals surface area (Å²) in [5, 5.41) is 11.2. The van der Waals surface area contributed by atoms with E-state index in [1.54, 1.807) is 6.92 Å². The van der Waals surface area contributed by atoms with Gasteiger partial charge in [0.25, 0.3) is 0 Å². The molecule has 1 atom stereocenters. The van der Waals surface area contributed by atoms with Crippen LogP contribution in [0.4, 0.5) is 0 Å². The fourth-order valence-electron chi connectivity index (χ4n) is 1.52. The Kier molecular flexibility index (Phi) is 3.32. The number of nitrogens with one attached hydrogen (secondary N) is 1. The predicted molar refractivity (Wildman–Crippen MR) is 53.3 cm³/mol. The van der Waals surface area contributed by atoms with E-state index in [9.17, 15) is 4.79 Å². The van der Waals surface area contributed by atoms with Gasteiger partial charge < -0.3 is 5.32 Å². The zero-order valence-electron chi connectivity index (χ0n) is 7.64. The molecule has 0 bridgehead atoms. The largest absolute Gasteiger partial charge is 0.339 e. The van der Waals surface area contributed by atoms with Gasteiger partial charge in [-0.1, -0.05) is 28.8 Å². The molecular weight excluding hydrogens is 232 g/mol. The molecule has 3 nitrogen and oxygen atoms in total. The summed E-state index contributed by atoms with van der Waals surface area (Å²) in [7, 11) is 0. The fraction of sp³-hybridized carbons (Fsp3) is 0.778. The summed E-state index contributed by atoms with van der Waals surface area (Å²) in [5.74, 6) is -0.0425. The number of carbonyl (C=O) groups excluding carboxylic acids is 1. The maximum absolute atomic E-state index is 11.6. The average molecular weight is 245 g/mol. The molecule has 1 aliphatic rings. The third kappa shape index (κ3) is 2.44. The molecule has 0 spiro atoms. The molecule has 0 aromatic heterocycles. The predicted octanol–water partition coefficient (Wildman–Crippen LogP) is 1.72. The zero-order chi connectivity index (χ0) is 9.90. The van der Waals surface area contributed by atoms with E-state index in [1.807, 2.05) is 6.07 Å². The van der Waals surface area contributed by atoms with Crippen LogP contribution in [0.2, 0.25) is 0 Å². The summed E-state index contributed by atoms with van der Waals surface area (Å²) in [6.45, 7) is 1.68. The van der Waals surface area contributed by atoms with Crippen LogP contribution in [0.3, 0.4) is 0 Å². The molecule has 1 aliphatic carbocycles. The first-order valence-corrected chi connectivity index (χ1v) is 5.27. The number of amides is 1. The Bertz CT molecular complexity index is 240. The highest BCUT2D eigenvalue weighted by molar-refractivity contribution is 9.10. The van der Waals surface area contributed by atoms with Gasteiger partial charge in [-0.25, -0.2) is 0 Å². The Labute approximate surface area is 86.6 Å². The summed E-state index contributed by atoms with van der Waals surface area (Å²) >= 11 is 3.45. The maximum atomic E-state index is 11.6. The van der Waals surface area contributed by atoms with Gasteiger partial charge in [0, 0.05) is 0 Å². The van der Waals surface area contributed by atoms with Crippen LogP contribution in [0.1, 0.15) is 32.6 Å². The number of hydrogen-bond acceptors (Lipinski definition) is 2. The molecule has 0 aromatic rings. The smallest absolute Gasteiger partial charge is 0.237 e. The highest BCUT2D eigenvalue weighted by Gasteiger charge is 2.38. The normalized spacial score (nSPS) is 21.9. The Morgan fingerprint density at radius 1 is 1.62 bits per heavy atom. The van der Waals surface area contributed by atoms with Crippen LogP contribution in [0.15, 0.2) is 0 Å². The average Bonchev–Trinajstić information content (AvgIpc) is 2.53. The summed E-state index contributed by atoms with van der Waals surface area (Å²) in [5.41, 5.74) is 0. The second-order valence-electron chi connectivity index (χ2n) is 3.50. The minimum atomic E-state index is -0.405. The van der Waals surface area contributed by atoms with Gasteiger partial charge in [-0.15, -0.1) is 0 Å². The number of halogens is 1. The Balaban J connectivity index is 2.52. The van der Waals surface area contributed by atoms with E-state index in [0.29, 0.717) is 0 Å². The van der Waals surface area contributed by atoms with Gasteiger partial charge in [0.05, 0.1) is 6.07 Å². The van der Waals surface area contributed by atoms with Crippen molar-refractivity contribution in [3.8, 4) is 6.07 Å². The molecule has 0 radical (unpaired) electrons. The van der Waals surface area contributed by atoms with E-state index in [0.717, 1.165) is 25.7 Å². The molecular formula is C9H13BrN2O. The van der Waals surface area contributed by atoms with Crippen molar-refractivity contribution in [2.24, 2.45) is 0 Å². The zero-order valence-corrected chi connectivity index (χ0v) is 9.23. The van der Waals surface area contributed by atoms with Crippen LogP contribution in [-0.2, 0) is 4.79 Å². The second-order valence-corrected chi connectivity index (χ2v) is 5.01. The Morgan fingerprint density at radius 2 is 2.15 bits per heavy atom. The van der Waals surface area contributed by atoms with E-state index < -0.39 is 10.4 Å². The number of alkyl halides is 1. The van der Waals surface area contributed by atoms with E-state index >= 15 is 0 Å². The number of nitrogens with zero attached hydrogens (tertiary/aromatic N) is 1. The summed E-state index contributed by atoms with van der Waals surface area (Å²) in [4.78, 5) is 11.6. The van der Waals surface area contributed by atoms with Crippen molar-refractivity contribution in [2.45, 2.75) is 43.0 Å². The van der Waals surface area contributed by atoms with Gasteiger partial charge in [0.1, 0.15) is 10.4 Å².